The van der Waals surface area contributed by atoms with Crippen LogP contribution in [0.4, 0.5) is 0 Å². The molecule has 0 amide bonds. The summed E-state index contributed by atoms with van der Waals surface area (Å²) in [6.45, 7) is 16.9. The van der Waals surface area contributed by atoms with Crippen LogP contribution in [-0.4, -0.2) is 13.6 Å². The van der Waals surface area contributed by atoms with Gasteiger partial charge in [0.15, 0.2) is 0 Å². The molecule has 4 aliphatic rings. The first-order valence-electron chi connectivity index (χ1n) is 15.8. The first-order chi connectivity index (χ1) is 17.9. The van der Waals surface area contributed by atoms with E-state index in [0.29, 0.717) is 10.8 Å². The molecule has 0 bridgehead atoms. The second-order valence-corrected chi connectivity index (χ2v) is 13.4. The van der Waals surface area contributed by atoms with Gasteiger partial charge in [0, 0.05) is 9.49 Å². The van der Waals surface area contributed by atoms with Crippen molar-refractivity contribution in [3.8, 4) is 0 Å². The highest BCUT2D eigenvalue weighted by molar-refractivity contribution is 8.01. The Balaban J connectivity index is 0.000000374. The number of hydrogen-bond donors (Lipinski definition) is 1. The maximum atomic E-state index is 9.69. The Morgan fingerprint density at radius 3 is 2.35 bits per heavy atom. The van der Waals surface area contributed by atoms with Crippen LogP contribution in [0, 0.1) is 51.2 Å². The molecule has 0 spiro atoms. The van der Waals surface area contributed by atoms with Gasteiger partial charge in [-0.25, -0.2) is 0 Å². The van der Waals surface area contributed by atoms with Gasteiger partial charge in [-0.05, 0) is 132 Å². The lowest BCUT2D eigenvalue weighted by Crippen LogP contribution is -2.55. The van der Waals surface area contributed by atoms with Crippen molar-refractivity contribution in [3.63, 3.8) is 0 Å². The molecule has 1 N–H and O–H groups in total. The van der Waals surface area contributed by atoms with E-state index in [4.69, 9.17) is 0 Å². The van der Waals surface area contributed by atoms with E-state index in [2.05, 4.69) is 37.7 Å². The zero-order valence-electron chi connectivity index (χ0n) is 25.7. The van der Waals surface area contributed by atoms with Gasteiger partial charge < -0.3 is 5.32 Å². The van der Waals surface area contributed by atoms with Gasteiger partial charge in [-0.2, -0.15) is 0 Å². The van der Waals surface area contributed by atoms with Crippen LogP contribution in [0.2, 0.25) is 0 Å². The van der Waals surface area contributed by atoms with E-state index in [1.54, 1.807) is 38.5 Å². The van der Waals surface area contributed by atoms with E-state index >= 15 is 0 Å². The Kier molecular flexibility index (Phi) is 14.0. The number of hydrogen-bond acceptors (Lipinski definition) is 4. The largest absolute Gasteiger partial charge is 0.320 e. The smallest absolute Gasteiger partial charge is 0.0566 e. The average molecular weight is 533 g/mol. The second-order valence-electron chi connectivity index (χ2n) is 12.6. The van der Waals surface area contributed by atoms with Gasteiger partial charge in [0.2, 0.25) is 0 Å². The molecule has 0 saturated heterocycles. The molecule has 214 valence electrons. The fraction of sp³-hybridized carbons (Fsp3) is 0.879. The molecule has 4 fully saturated rings. The number of rotatable bonds is 8. The SMILES string of the molecule is C/C=C\C(=C/C)SN=O.CC.CC[C@H]1CC2C3CCC(CCCNC)C3(C)CC[C@@H]2C2(C)CCCCC12. The number of nitroso groups, excluding NO2 is 1. The Bertz CT molecular complexity index is 736. The Labute approximate surface area is 235 Å². The molecule has 4 heteroatoms. The Hall–Kier alpha value is -0.610. The minimum Gasteiger partial charge on any atom is -0.320 e. The van der Waals surface area contributed by atoms with Crippen LogP contribution in [0.25, 0.3) is 0 Å². The molecule has 0 aromatic heterocycles. The molecule has 37 heavy (non-hydrogen) atoms. The van der Waals surface area contributed by atoms with E-state index in [9.17, 15) is 4.91 Å². The molecule has 0 aliphatic heterocycles. The van der Waals surface area contributed by atoms with Crippen molar-refractivity contribution in [1.82, 2.24) is 5.32 Å². The number of nitrogens with one attached hydrogen (secondary N) is 1. The number of allylic oxidation sites excluding steroid dienone is 3. The summed E-state index contributed by atoms with van der Waals surface area (Å²) in [5.74, 6) is 6.28. The van der Waals surface area contributed by atoms with Crippen LogP contribution in [0.3, 0.4) is 0 Å². The van der Waals surface area contributed by atoms with Gasteiger partial charge in [-0.3, -0.25) is 0 Å². The maximum absolute atomic E-state index is 9.69. The lowest BCUT2D eigenvalue weighted by atomic mass is 9.42. The lowest BCUT2D eigenvalue weighted by molar-refractivity contribution is -0.135. The molecule has 0 aromatic carbocycles. The van der Waals surface area contributed by atoms with Gasteiger partial charge in [0.05, 0.1) is 11.9 Å². The quantitative estimate of drug-likeness (QED) is 0.146. The Morgan fingerprint density at radius 2 is 1.73 bits per heavy atom. The summed E-state index contributed by atoms with van der Waals surface area (Å²) in [7, 11) is 2.11. The van der Waals surface area contributed by atoms with Crippen molar-refractivity contribution in [2.75, 3.05) is 13.6 Å². The van der Waals surface area contributed by atoms with Crippen LogP contribution in [0.5, 0.6) is 0 Å². The van der Waals surface area contributed by atoms with Crippen LogP contribution in [0.15, 0.2) is 27.7 Å². The summed E-state index contributed by atoms with van der Waals surface area (Å²) in [6.07, 6.45) is 23.8. The van der Waals surface area contributed by atoms with E-state index in [0.717, 1.165) is 52.4 Å². The summed E-state index contributed by atoms with van der Waals surface area (Å²) >= 11 is 0.945. The third-order valence-corrected chi connectivity index (χ3v) is 11.9. The fourth-order valence-corrected chi connectivity index (χ4v) is 9.90. The van der Waals surface area contributed by atoms with Gasteiger partial charge in [0.1, 0.15) is 0 Å². The zero-order chi connectivity index (χ0) is 27.5. The van der Waals surface area contributed by atoms with E-state index < -0.39 is 0 Å². The van der Waals surface area contributed by atoms with E-state index in [1.807, 2.05) is 45.9 Å². The number of nitrogens with zero attached hydrogens (tertiary/aromatic N) is 1. The van der Waals surface area contributed by atoms with Gasteiger partial charge >= 0.3 is 0 Å². The molecule has 8 atom stereocenters. The van der Waals surface area contributed by atoms with Crippen molar-refractivity contribution in [2.24, 2.45) is 50.9 Å². The lowest BCUT2D eigenvalue weighted by Gasteiger charge is -2.62. The highest BCUT2D eigenvalue weighted by Gasteiger charge is 2.60. The first-order valence-corrected chi connectivity index (χ1v) is 16.6. The topological polar surface area (TPSA) is 41.5 Å². The third-order valence-electron chi connectivity index (χ3n) is 11.2. The van der Waals surface area contributed by atoms with Crippen LogP contribution in [0.1, 0.15) is 126 Å². The molecule has 4 aliphatic carbocycles. The van der Waals surface area contributed by atoms with E-state index in [1.165, 1.54) is 45.1 Å². The first kappa shape index (κ1) is 32.6. The average Bonchev–Trinajstić information content (AvgIpc) is 3.25. The minimum absolute atomic E-state index is 0.672. The van der Waals surface area contributed by atoms with Crippen molar-refractivity contribution in [3.05, 3.63) is 28.0 Å². The predicted molar refractivity (Wildman–Crippen MR) is 165 cm³/mol. The van der Waals surface area contributed by atoms with Crippen molar-refractivity contribution < 1.29 is 0 Å². The second kappa shape index (κ2) is 15.8. The van der Waals surface area contributed by atoms with Gasteiger partial charge in [-0.1, -0.05) is 72.1 Å². The van der Waals surface area contributed by atoms with Crippen molar-refractivity contribution in [2.45, 2.75) is 126 Å². The monoisotopic (exact) mass is 532 g/mol. The molecule has 4 rings (SSSR count). The maximum Gasteiger partial charge on any atom is 0.0566 e. The zero-order valence-corrected chi connectivity index (χ0v) is 26.5. The van der Waals surface area contributed by atoms with E-state index in [-0.39, 0.29) is 0 Å². The van der Waals surface area contributed by atoms with Gasteiger partial charge in [0.25, 0.3) is 0 Å². The molecule has 4 saturated carbocycles. The molecule has 3 nitrogen and oxygen atoms in total. The molecule has 0 radical (unpaired) electrons. The summed E-state index contributed by atoms with van der Waals surface area (Å²) in [5.41, 5.74) is 1.36. The molecule has 0 aromatic rings. The fourth-order valence-electron chi connectivity index (χ4n) is 9.51. The summed E-state index contributed by atoms with van der Waals surface area (Å²) < 4.78 is 2.67. The van der Waals surface area contributed by atoms with Crippen molar-refractivity contribution in [1.29, 1.82) is 0 Å². The highest BCUT2D eigenvalue weighted by Crippen LogP contribution is 2.69. The van der Waals surface area contributed by atoms with Crippen LogP contribution >= 0.6 is 11.9 Å². The van der Waals surface area contributed by atoms with Gasteiger partial charge in [-0.15, -0.1) is 4.91 Å². The highest BCUT2D eigenvalue weighted by atomic mass is 32.2. The third kappa shape index (κ3) is 7.33. The van der Waals surface area contributed by atoms with Crippen molar-refractivity contribution >= 4 is 11.9 Å². The number of fused-ring (bicyclic) bond motifs is 5. The van der Waals surface area contributed by atoms with Crippen LogP contribution < -0.4 is 5.32 Å². The minimum atomic E-state index is 0.672. The predicted octanol–water partition coefficient (Wildman–Crippen LogP) is 10.6. The summed E-state index contributed by atoms with van der Waals surface area (Å²) in [4.78, 5) is 10.6. The molecule has 6 unspecified atom stereocenters. The van der Waals surface area contributed by atoms with Crippen LogP contribution in [-0.2, 0) is 0 Å². The summed E-state index contributed by atoms with van der Waals surface area (Å²) in [6, 6.07) is 0. The molecule has 0 heterocycles. The molecular formula is C33H60N2OS. The Morgan fingerprint density at radius 1 is 1.00 bits per heavy atom. The molecular weight excluding hydrogens is 472 g/mol. The normalized spacial score (nSPS) is 38.9. The summed E-state index contributed by atoms with van der Waals surface area (Å²) in [5, 5.41) is 3.37. The standard InChI is InChI=1S/C25H45N.C6H9NOS.C2H6/c1-5-18-17-20-22-12-11-19(9-8-16-26-4)24(22,2)15-13-23(20)25(3)14-7-6-10-21(18)25;1-3-5-6(4-2)9-7-8;1-2/h18-23,26H,5-17H2,1-4H3;3-5H,1-2H3;1-2H3/b;5-3-,6-4+;/t18-,19?,20?,21?,22?,23-,24?,25?;;/m0../s1.